The number of ether oxygens (including phenoxy) is 1. The van der Waals surface area contributed by atoms with Crippen molar-refractivity contribution in [2.45, 2.75) is 43.6 Å². The van der Waals surface area contributed by atoms with E-state index in [0.29, 0.717) is 29.2 Å². The fraction of sp³-hybridized carbons (Fsp3) is 0.417. The minimum atomic E-state index is -0.913. The summed E-state index contributed by atoms with van der Waals surface area (Å²) in [5.41, 5.74) is 2.78. The van der Waals surface area contributed by atoms with Crippen LogP contribution in [0.3, 0.4) is 0 Å². The van der Waals surface area contributed by atoms with Crippen LogP contribution in [0.15, 0.2) is 36.8 Å². The number of fused-ring (bicyclic) bond motifs is 2. The number of hydrogen-bond donors (Lipinski definition) is 3. The third-order valence-electron chi connectivity index (χ3n) is 6.96. The lowest BCUT2D eigenvalue weighted by molar-refractivity contribution is 0.0888. The number of carbonyl (C=O) groups is 1. The highest BCUT2D eigenvalue weighted by Crippen LogP contribution is 2.38. The van der Waals surface area contributed by atoms with Crippen LogP contribution in [-0.4, -0.2) is 73.7 Å². The van der Waals surface area contributed by atoms with E-state index in [1.54, 1.807) is 17.8 Å². The fourth-order valence-electron chi connectivity index (χ4n) is 5.11. The third-order valence-corrected chi connectivity index (χ3v) is 6.96. The number of hydrogen-bond acceptors (Lipinski definition) is 7. The molecule has 4 atom stereocenters. The first kappa shape index (κ1) is 21.9. The Morgan fingerprint density at radius 1 is 1.29 bits per heavy atom. The van der Waals surface area contributed by atoms with Gasteiger partial charge in [-0.2, -0.15) is 9.61 Å². The first-order valence-corrected chi connectivity index (χ1v) is 11.8. The molecule has 182 valence electrons. The molecule has 1 saturated carbocycles. The lowest BCUT2D eigenvalue weighted by atomic mass is 10.1. The Balaban J connectivity index is 1.47. The van der Waals surface area contributed by atoms with Crippen LogP contribution in [0.25, 0.3) is 27.9 Å². The predicted octanol–water partition coefficient (Wildman–Crippen LogP) is 2.34. The molecule has 1 aliphatic carbocycles. The van der Waals surface area contributed by atoms with Gasteiger partial charge in [-0.25, -0.2) is 14.4 Å². The standard InChI is InChI=1S/C24H26FN7O3/c1-26-21-8-17(15-10-31(19-6-2-5-16(19)25)22-13(15)4-3-7-27-22)29-23-14(9-28-32(21)23)24(34)30-18-11-35-12-20(18)33/h3-4,7-10,16,18-20,26,33H,2,5-6,11-12H2,1H3,(H,30,34)/t16-,18?,19+,20?/m1/s1. The average Bonchev–Trinajstić information content (AvgIpc) is 3.65. The quantitative estimate of drug-likeness (QED) is 0.402. The highest BCUT2D eigenvalue weighted by atomic mass is 19.1. The summed E-state index contributed by atoms with van der Waals surface area (Å²) in [6.07, 6.45) is 5.57. The molecule has 35 heavy (non-hydrogen) atoms. The molecule has 1 aliphatic heterocycles. The van der Waals surface area contributed by atoms with Crippen molar-refractivity contribution in [1.29, 1.82) is 0 Å². The lowest BCUT2D eigenvalue weighted by Crippen LogP contribution is -2.42. The van der Waals surface area contributed by atoms with Gasteiger partial charge in [0.05, 0.1) is 43.3 Å². The van der Waals surface area contributed by atoms with Crippen molar-refractivity contribution in [3.63, 3.8) is 0 Å². The summed E-state index contributed by atoms with van der Waals surface area (Å²) < 4.78 is 23.4. The number of nitrogens with zero attached hydrogens (tertiary/aromatic N) is 5. The minimum Gasteiger partial charge on any atom is -0.388 e. The molecule has 6 rings (SSSR count). The Kier molecular flexibility index (Phi) is 5.37. The van der Waals surface area contributed by atoms with Gasteiger partial charge >= 0.3 is 0 Å². The second-order valence-electron chi connectivity index (χ2n) is 9.09. The second-order valence-corrected chi connectivity index (χ2v) is 9.09. The average molecular weight is 480 g/mol. The molecular weight excluding hydrogens is 453 g/mol. The van der Waals surface area contributed by atoms with E-state index >= 15 is 0 Å². The maximum Gasteiger partial charge on any atom is 0.257 e. The monoisotopic (exact) mass is 479 g/mol. The summed E-state index contributed by atoms with van der Waals surface area (Å²) in [5.74, 6) is 0.249. The van der Waals surface area contributed by atoms with Gasteiger partial charge in [0.2, 0.25) is 0 Å². The first-order chi connectivity index (χ1) is 17.0. The van der Waals surface area contributed by atoms with Gasteiger partial charge in [-0.3, -0.25) is 4.79 Å². The van der Waals surface area contributed by atoms with Gasteiger partial charge in [-0.15, -0.1) is 0 Å². The molecule has 11 heteroatoms. The molecule has 2 unspecified atom stereocenters. The van der Waals surface area contributed by atoms with Crippen LogP contribution in [0.1, 0.15) is 35.7 Å². The molecule has 0 bridgehead atoms. The van der Waals surface area contributed by atoms with E-state index in [-0.39, 0.29) is 24.8 Å². The molecule has 2 aliphatic rings. The molecule has 4 aromatic rings. The van der Waals surface area contributed by atoms with Crippen molar-refractivity contribution >= 4 is 28.4 Å². The van der Waals surface area contributed by atoms with E-state index in [1.165, 1.54) is 6.20 Å². The number of aliphatic hydroxyl groups is 1. The largest absolute Gasteiger partial charge is 0.388 e. The Labute approximate surface area is 200 Å². The molecule has 5 heterocycles. The smallest absolute Gasteiger partial charge is 0.257 e. The maximum absolute atomic E-state index is 14.7. The Morgan fingerprint density at radius 3 is 2.91 bits per heavy atom. The number of anilines is 1. The van der Waals surface area contributed by atoms with Crippen molar-refractivity contribution in [2.24, 2.45) is 0 Å². The van der Waals surface area contributed by atoms with E-state index < -0.39 is 24.2 Å². The van der Waals surface area contributed by atoms with E-state index in [1.807, 2.05) is 29.0 Å². The normalized spacial score (nSPS) is 24.4. The lowest BCUT2D eigenvalue weighted by Gasteiger charge is -2.15. The van der Waals surface area contributed by atoms with E-state index in [9.17, 15) is 14.3 Å². The summed E-state index contributed by atoms with van der Waals surface area (Å²) in [5, 5.41) is 21.2. The van der Waals surface area contributed by atoms with Crippen LogP contribution in [0.2, 0.25) is 0 Å². The molecule has 0 aromatic carbocycles. The number of aliphatic hydroxyl groups excluding tert-OH is 1. The van der Waals surface area contributed by atoms with Crippen LogP contribution in [-0.2, 0) is 4.74 Å². The van der Waals surface area contributed by atoms with Gasteiger partial charge in [0.1, 0.15) is 23.2 Å². The Bertz CT molecular complexity index is 1420. The Morgan fingerprint density at radius 2 is 2.17 bits per heavy atom. The van der Waals surface area contributed by atoms with Crippen LogP contribution < -0.4 is 10.6 Å². The maximum atomic E-state index is 14.7. The second kappa shape index (κ2) is 8.58. The molecule has 4 aromatic heterocycles. The fourth-order valence-corrected chi connectivity index (χ4v) is 5.11. The van der Waals surface area contributed by atoms with Crippen molar-refractivity contribution in [1.82, 2.24) is 29.5 Å². The minimum absolute atomic E-state index is 0.185. The van der Waals surface area contributed by atoms with Gasteiger partial charge in [0, 0.05) is 36.5 Å². The number of carbonyl (C=O) groups excluding carboxylic acids is 1. The number of rotatable bonds is 5. The van der Waals surface area contributed by atoms with Crippen LogP contribution >= 0.6 is 0 Å². The molecule has 3 N–H and O–H groups in total. The molecule has 2 fully saturated rings. The topological polar surface area (TPSA) is 119 Å². The zero-order valence-corrected chi connectivity index (χ0v) is 19.2. The Hall–Kier alpha value is -3.57. The van der Waals surface area contributed by atoms with E-state index in [0.717, 1.165) is 23.8 Å². The highest BCUT2D eigenvalue weighted by Gasteiger charge is 2.31. The van der Waals surface area contributed by atoms with E-state index in [4.69, 9.17) is 9.72 Å². The highest BCUT2D eigenvalue weighted by molar-refractivity contribution is 6.01. The number of amides is 1. The number of halogens is 1. The van der Waals surface area contributed by atoms with Crippen LogP contribution in [0.4, 0.5) is 10.2 Å². The van der Waals surface area contributed by atoms with Gasteiger partial charge in [-0.1, -0.05) is 0 Å². The molecule has 10 nitrogen and oxygen atoms in total. The molecular formula is C24H26FN7O3. The SMILES string of the molecule is CNc1cc(-c2cn([C@H]3CCC[C@H]3F)c3ncccc23)nc2c(C(=O)NC3COCC3O)cnn12. The summed E-state index contributed by atoms with van der Waals surface area (Å²) in [6, 6.07) is 4.90. The zero-order chi connectivity index (χ0) is 24.1. The number of nitrogens with one attached hydrogen (secondary N) is 2. The zero-order valence-electron chi connectivity index (χ0n) is 19.2. The van der Waals surface area contributed by atoms with Gasteiger partial charge < -0.3 is 25.0 Å². The summed E-state index contributed by atoms with van der Waals surface area (Å²) in [4.78, 5) is 22.4. The predicted molar refractivity (Wildman–Crippen MR) is 127 cm³/mol. The third kappa shape index (κ3) is 3.62. The van der Waals surface area contributed by atoms with Gasteiger partial charge in [0.15, 0.2) is 5.65 Å². The van der Waals surface area contributed by atoms with Crippen molar-refractivity contribution in [3.8, 4) is 11.3 Å². The summed E-state index contributed by atoms with van der Waals surface area (Å²) in [7, 11) is 1.77. The van der Waals surface area contributed by atoms with Crippen molar-refractivity contribution < 1.29 is 19.0 Å². The van der Waals surface area contributed by atoms with E-state index in [2.05, 4.69) is 20.7 Å². The summed E-state index contributed by atoms with van der Waals surface area (Å²) >= 11 is 0. The summed E-state index contributed by atoms with van der Waals surface area (Å²) in [6.45, 7) is 0.431. The number of alkyl halides is 1. The number of aromatic nitrogens is 5. The van der Waals surface area contributed by atoms with Crippen molar-refractivity contribution in [3.05, 3.63) is 42.4 Å². The molecule has 0 radical (unpaired) electrons. The van der Waals surface area contributed by atoms with Gasteiger partial charge in [-0.05, 0) is 31.4 Å². The van der Waals surface area contributed by atoms with Crippen LogP contribution in [0, 0.1) is 0 Å². The molecule has 1 saturated heterocycles. The number of pyridine rings is 1. The van der Waals surface area contributed by atoms with Crippen molar-refractivity contribution in [2.75, 3.05) is 25.6 Å². The van der Waals surface area contributed by atoms with Crippen LogP contribution in [0.5, 0.6) is 0 Å². The molecule has 0 spiro atoms. The van der Waals surface area contributed by atoms with Gasteiger partial charge in [0.25, 0.3) is 5.91 Å². The molecule has 1 amide bonds. The first-order valence-electron chi connectivity index (χ1n) is 11.8.